The standard InChI is InChI=1S/C16H25N/c1-5-13-11-17(16(2,3)4)12-15(13)14-9-7-6-8-10-14/h6-10,13,15H,5,11-12H2,1-4H3/t13-,15-/m1/s1/i11D/t11?,13-,15-. The van der Waals surface area contributed by atoms with E-state index < -0.39 is 0 Å². The highest BCUT2D eigenvalue weighted by Gasteiger charge is 2.37. The molecule has 3 atom stereocenters. The highest BCUT2D eigenvalue weighted by Crippen LogP contribution is 2.37. The Hall–Kier alpha value is -0.820. The van der Waals surface area contributed by atoms with Crippen molar-refractivity contribution in [1.82, 2.24) is 4.90 Å². The largest absolute Gasteiger partial charge is 0.298 e. The minimum atomic E-state index is -0.0693. The van der Waals surface area contributed by atoms with Crippen LogP contribution in [0.25, 0.3) is 0 Å². The van der Waals surface area contributed by atoms with Crippen LogP contribution in [0.2, 0.25) is 0 Å². The van der Waals surface area contributed by atoms with E-state index in [1.165, 1.54) is 5.56 Å². The summed E-state index contributed by atoms with van der Waals surface area (Å²) < 4.78 is 8.51. The summed E-state index contributed by atoms with van der Waals surface area (Å²) in [6.07, 6.45) is 1.08. The van der Waals surface area contributed by atoms with Crippen molar-refractivity contribution in [3.63, 3.8) is 0 Å². The van der Waals surface area contributed by atoms with E-state index >= 15 is 0 Å². The average molecular weight is 232 g/mol. The monoisotopic (exact) mass is 232 g/mol. The van der Waals surface area contributed by atoms with E-state index in [0.717, 1.165) is 13.0 Å². The van der Waals surface area contributed by atoms with Crippen LogP contribution in [-0.2, 0) is 0 Å². The Balaban J connectivity index is 2.27. The molecule has 0 saturated carbocycles. The summed E-state index contributed by atoms with van der Waals surface area (Å²) in [6, 6.07) is 10.7. The molecule has 1 aliphatic heterocycles. The Morgan fingerprint density at radius 2 is 1.94 bits per heavy atom. The van der Waals surface area contributed by atoms with Gasteiger partial charge in [0.25, 0.3) is 0 Å². The maximum atomic E-state index is 8.51. The van der Waals surface area contributed by atoms with Gasteiger partial charge in [-0.1, -0.05) is 43.7 Å². The maximum Gasteiger partial charge on any atom is 0.0434 e. The van der Waals surface area contributed by atoms with Crippen LogP contribution in [0.15, 0.2) is 30.3 Å². The molecule has 2 rings (SSSR count). The van der Waals surface area contributed by atoms with E-state index in [4.69, 9.17) is 1.37 Å². The van der Waals surface area contributed by atoms with Gasteiger partial charge in [0.15, 0.2) is 0 Å². The molecule has 1 aromatic rings. The van der Waals surface area contributed by atoms with Gasteiger partial charge in [-0.2, -0.15) is 0 Å². The number of rotatable bonds is 2. The van der Waals surface area contributed by atoms with Gasteiger partial charge in [-0.3, -0.25) is 4.90 Å². The molecule has 1 aromatic carbocycles. The quantitative estimate of drug-likeness (QED) is 0.747. The van der Waals surface area contributed by atoms with Crippen molar-refractivity contribution in [3.8, 4) is 0 Å². The predicted octanol–water partition coefficient (Wildman–Crippen LogP) is 3.91. The van der Waals surface area contributed by atoms with Gasteiger partial charge in [0.2, 0.25) is 0 Å². The average Bonchev–Trinajstić information content (AvgIpc) is 2.67. The van der Waals surface area contributed by atoms with Crippen LogP contribution in [0.4, 0.5) is 0 Å². The Kier molecular flexibility index (Phi) is 3.19. The van der Waals surface area contributed by atoms with Crippen molar-refractivity contribution in [1.29, 1.82) is 0 Å². The Morgan fingerprint density at radius 3 is 2.47 bits per heavy atom. The Bertz CT molecular complexity index is 382. The van der Waals surface area contributed by atoms with E-state index in [2.05, 4.69) is 62.9 Å². The van der Waals surface area contributed by atoms with Gasteiger partial charge in [0, 0.05) is 25.9 Å². The normalized spacial score (nSPS) is 31.5. The van der Waals surface area contributed by atoms with Crippen LogP contribution in [0.5, 0.6) is 0 Å². The number of likely N-dealkylation sites (tertiary alicyclic amines) is 1. The first-order valence-corrected chi connectivity index (χ1v) is 6.69. The molecule has 0 radical (unpaired) electrons. The number of nitrogens with zero attached hydrogens (tertiary/aromatic N) is 1. The molecule has 94 valence electrons. The summed E-state index contributed by atoms with van der Waals surface area (Å²) in [5, 5.41) is 0. The molecule has 1 saturated heterocycles. The van der Waals surface area contributed by atoms with E-state index in [1.54, 1.807) is 0 Å². The van der Waals surface area contributed by atoms with Crippen molar-refractivity contribution in [2.75, 3.05) is 13.1 Å². The molecule has 1 heteroatoms. The molecule has 1 aliphatic rings. The van der Waals surface area contributed by atoms with Crippen molar-refractivity contribution in [2.24, 2.45) is 5.92 Å². The highest BCUT2D eigenvalue weighted by molar-refractivity contribution is 5.22. The van der Waals surface area contributed by atoms with Crippen molar-refractivity contribution >= 4 is 0 Å². The molecule has 0 bridgehead atoms. The molecular weight excluding hydrogens is 206 g/mol. The zero-order valence-corrected chi connectivity index (χ0v) is 11.5. The minimum absolute atomic E-state index is 0.0693. The molecular formula is C16H25N. The summed E-state index contributed by atoms with van der Waals surface area (Å²) in [7, 11) is 0. The van der Waals surface area contributed by atoms with Crippen LogP contribution < -0.4 is 0 Å². The summed E-state index contributed by atoms with van der Waals surface area (Å²) >= 11 is 0. The number of benzene rings is 1. The fraction of sp³-hybridized carbons (Fsp3) is 0.625. The zero-order valence-electron chi connectivity index (χ0n) is 12.5. The predicted molar refractivity (Wildman–Crippen MR) is 74.3 cm³/mol. The fourth-order valence-corrected chi connectivity index (χ4v) is 2.68. The smallest absolute Gasteiger partial charge is 0.0434 e. The maximum absolute atomic E-state index is 8.51. The lowest BCUT2D eigenvalue weighted by Gasteiger charge is -2.31. The topological polar surface area (TPSA) is 3.24 Å². The molecule has 1 nitrogen and oxygen atoms in total. The third-order valence-corrected chi connectivity index (χ3v) is 3.84. The van der Waals surface area contributed by atoms with Crippen LogP contribution in [0.1, 0.15) is 47.0 Å². The second-order valence-electron chi connectivity index (χ2n) is 6.06. The second kappa shape index (κ2) is 4.81. The van der Waals surface area contributed by atoms with Crippen LogP contribution in [-0.4, -0.2) is 23.5 Å². The summed E-state index contributed by atoms with van der Waals surface area (Å²) in [4.78, 5) is 2.35. The van der Waals surface area contributed by atoms with Crippen molar-refractivity contribution in [2.45, 2.75) is 45.6 Å². The van der Waals surface area contributed by atoms with Gasteiger partial charge in [-0.05, 0) is 32.3 Å². The van der Waals surface area contributed by atoms with E-state index in [1.807, 2.05) is 0 Å². The third kappa shape index (κ3) is 2.71. The lowest BCUT2D eigenvalue weighted by molar-refractivity contribution is 0.167. The lowest BCUT2D eigenvalue weighted by Crippen LogP contribution is -2.39. The highest BCUT2D eigenvalue weighted by atomic mass is 15.2. The van der Waals surface area contributed by atoms with Crippen LogP contribution in [0.3, 0.4) is 0 Å². The molecule has 0 aromatic heterocycles. The SMILES string of the molecule is [2H]C1[C@@H](CC)[C@H](c2ccccc2)CN1C(C)(C)C. The molecule has 1 heterocycles. The zero-order chi connectivity index (χ0) is 13.3. The van der Waals surface area contributed by atoms with E-state index in [9.17, 15) is 0 Å². The third-order valence-electron chi connectivity index (χ3n) is 3.84. The summed E-state index contributed by atoms with van der Waals surface area (Å²) in [5.74, 6) is 0.963. The molecule has 1 fully saturated rings. The number of hydrogen-bond donors (Lipinski definition) is 0. The molecule has 0 spiro atoms. The van der Waals surface area contributed by atoms with Crippen LogP contribution >= 0.6 is 0 Å². The molecule has 0 aliphatic carbocycles. The van der Waals surface area contributed by atoms with Gasteiger partial charge in [-0.15, -0.1) is 0 Å². The first-order chi connectivity index (χ1) is 8.45. The van der Waals surface area contributed by atoms with Gasteiger partial charge in [0.1, 0.15) is 0 Å². The first kappa shape index (κ1) is 11.3. The summed E-state index contributed by atoms with van der Waals surface area (Å²) in [6.45, 7) is 9.81. The van der Waals surface area contributed by atoms with Crippen molar-refractivity contribution in [3.05, 3.63) is 35.9 Å². The van der Waals surface area contributed by atoms with Crippen LogP contribution in [0, 0.1) is 5.92 Å². The van der Waals surface area contributed by atoms with Gasteiger partial charge in [0.05, 0.1) is 0 Å². The second-order valence-corrected chi connectivity index (χ2v) is 6.06. The molecule has 1 unspecified atom stereocenters. The number of hydrogen-bond acceptors (Lipinski definition) is 1. The van der Waals surface area contributed by atoms with Crippen molar-refractivity contribution < 1.29 is 1.37 Å². The molecule has 0 amide bonds. The summed E-state index contributed by atoms with van der Waals surface area (Å²) in [5.41, 5.74) is 1.48. The molecule has 0 N–H and O–H groups in total. The Morgan fingerprint density at radius 1 is 1.29 bits per heavy atom. The fourth-order valence-electron chi connectivity index (χ4n) is 2.68. The lowest BCUT2D eigenvalue weighted by atomic mass is 9.87. The van der Waals surface area contributed by atoms with Gasteiger partial charge >= 0.3 is 0 Å². The van der Waals surface area contributed by atoms with Gasteiger partial charge < -0.3 is 0 Å². The minimum Gasteiger partial charge on any atom is -0.298 e. The first-order valence-electron chi connectivity index (χ1n) is 7.27. The Labute approximate surface area is 107 Å². The van der Waals surface area contributed by atoms with E-state index in [0.29, 0.717) is 11.8 Å². The molecule has 17 heavy (non-hydrogen) atoms. The van der Waals surface area contributed by atoms with Gasteiger partial charge in [-0.25, -0.2) is 0 Å². The van der Waals surface area contributed by atoms with E-state index in [-0.39, 0.29) is 12.1 Å².